The van der Waals surface area contributed by atoms with Crippen LogP contribution in [-0.2, 0) is 9.53 Å². The van der Waals surface area contributed by atoms with E-state index in [1.165, 1.54) is 11.8 Å². The van der Waals surface area contributed by atoms with Crippen LogP contribution in [0.4, 0.5) is 0 Å². The Morgan fingerprint density at radius 3 is 2.71 bits per heavy atom. The molecule has 1 aliphatic rings. The zero-order valence-corrected chi connectivity index (χ0v) is 19.4. The van der Waals surface area contributed by atoms with Gasteiger partial charge in [-0.25, -0.2) is 4.98 Å². The molecule has 5 rings (SSSR count). The van der Waals surface area contributed by atoms with Crippen molar-refractivity contribution in [2.75, 3.05) is 19.2 Å². The highest BCUT2D eigenvalue weighted by Crippen LogP contribution is 2.35. The number of hydrogen-bond acceptors (Lipinski definition) is 8. The number of nitrogens with zero attached hydrogens (tertiary/aromatic N) is 3. The van der Waals surface area contributed by atoms with Gasteiger partial charge in [0.05, 0.1) is 23.0 Å². The molecule has 0 amide bonds. The number of carbonyl (C=O) groups is 2. The lowest BCUT2D eigenvalue weighted by atomic mass is 10.1. The van der Waals surface area contributed by atoms with Crippen molar-refractivity contribution < 1.29 is 23.8 Å². The van der Waals surface area contributed by atoms with Gasteiger partial charge >= 0.3 is 5.97 Å². The molecule has 1 aliphatic heterocycles. The summed E-state index contributed by atoms with van der Waals surface area (Å²) in [6.07, 6.45) is 1.62. The molecule has 0 atom stereocenters. The summed E-state index contributed by atoms with van der Waals surface area (Å²) in [7, 11) is 0. The number of benzene rings is 2. The topological polar surface area (TPSA) is 92.5 Å². The molecule has 34 heavy (non-hydrogen) atoms. The summed E-state index contributed by atoms with van der Waals surface area (Å²) in [6.45, 7) is 3.65. The van der Waals surface area contributed by atoms with Gasteiger partial charge in [0, 0.05) is 28.7 Å². The predicted molar refractivity (Wildman–Crippen MR) is 127 cm³/mol. The van der Waals surface area contributed by atoms with Crippen molar-refractivity contribution in [2.24, 2.45) is 0 Å². The number of ether oxygens (including phenoxy) is 3. The molecule has 0 saturated heterocycles. The van der Waals surface area contributed by atoms with E-state index in [0.29, 0.717) is 22.1 Å². The Morgan fingerprint density at radius 1 is 1.06 bits per heavy atom. The van der Waals surface area contributed by atoms with Gasteiger partial charge in [-0.3, -0.25) is 14.6 Å². The van der Waals surface area contributed by atoms with Crippen molar-refractivity contribution in [1.82, 2.24) is 14.5 Å². The number of thioether (sulfide) groups is 1. The third-order valence-corrected chi connectivity index (χ3v) is 6.35. The van der Waals surface area contributed by atoms with Crippen LogP contribution in [0.1, 0.15) is 21.7 Å². The fourth-order valence-corrected chi connectivity index (χ4v) is 4.51. The molecule has 0 aliphatic carbocycles. The Balaban J connectivity index is 1.21. The lowest BCUT2D eigenvalue weighted by Crippen LogP contribution is -2.16. The first-order chi connectivity index (χ1) is 16.5. The van der Waals surface area contributed by atoms with E-state index in [9.17, 15) is 9.59 Å². The van der Waals surface area contributed by atoms with E-state index in [2.05, 4.69) is 9.97 Å². The number of esters is 1. The summed E-state index contributed by atoms with van der Waals surface area (Å²) in [5.41, 5.74) is 4.57. The van der Waals surface area contributed by atoms with E-state index in [4.69, 9.17) is 14.2 Å². The van der Waals surface area contributed by atoms with Gasteiger partial charge in [-0.15, -0.1) is 0 Å². The van der Waals surface area contributed by atoms with Gasteiger partial charge in [0.15, 0.2) is 18.1 Å². The maximum absolute atomic E-state index is 12.8. The van der Waals surface area contributed by atoms with Gasteiger partial charge in [0.25, 0.3) is 0 Å². The SMILES string of the molecule is Cc1cc(C(=O)COC(=O)CSc2cnc3ccccc3n2)c(C)n1-c1ccc2c(c1)OCO2. The summed E-state index contributed by atoms with van der Waals surface area (Å²) in [5, 5.41) is 0.620. The summed E-state index contributed by atoms with van der Waals surface area (Å²) in [6, 6.07) is 15.0. The molecule has 4 aromatic rings. The molecule has 8 nitrogen and oxygen atoms in total. The minimum absolute atomic E-state index is 0.0382. The number of para-hydroxylation sites is 2. The Morgan fingerprint density at radius 2 is 1.85 bits per heavy atom. The quantitative estimate of drug-likeness (QED) is 0.222. The van der Waals surface area contributed by atoms with Crippen LogP contribution in [0.2, 0.25) is 0 Å². The Hall–Kier alpha value is -3.85. The molecule has 0 saturated carbocycles. The van der Waals surface area contributed by atoms with Crippen LogP contribution in [0, 0.1) is 13.8 Å². The second-order valence-corrected chi connectivity index (χ2v) is 8.72. The highest BCUT2D eigenvalue weighted by Gasteiger charge is 2.20. The fraction of sp³-hybridized carbons (Fsp3) is 0.200. The van der Waals surface area contributed by atoms with Crippen molar-refractivity contribution in [3.05, 3.63) is 71.7 Å². The smallest absolute Gasteiger partial charge is 0.316 e. The van der Waals surface area contributed by atoms with Crippen LogP contribution < -0.4 is 9.47 Å². The van der Waals surface area contributed by atoms with Crippen molar-refractivity contribution >= 4 is 34.5 Å². The first-order valence-corrected chi connectivity index (χ1v) is 11.6. The van der Waals surface area contributed by atoms with E-state index in [-0.39, 0.29) is 24.9 Å². The zero-order chi connectivity index (χ0) is 23.7. The highest BCUT2D eigenvalue weighted by molar-refractivity contribution is 7.99. The molecule has 0 radical (unpaired) electrons. The van der Waals surface area contributed by atoms with E-state index in [1.54, 1.807) is 12.3 Å². The van der Waals surface area contributed by atoms with Gasteiger partial charge in [0.1, 0.15) is 5.03 Å². The Labute approximate surface area is 199 Å². The van der Waals surface area contributed by atoms with E-state index < -0.39 is 5.97 Å². The first kappa shape index (κ1) is 22.0. The Bertz CT molecular complexity index is 1420. The highest BCUT2D eigenvalue weighted by atomic mass is 32.2. The van der Waals surface area contributed by atoms with Gasteiger partial charge in [-0.05, 0) is 44.2 Å². The summed E-state index contributed by atoms with van der Waals surface area (Å²) in [5.74, 6) is 0.653. The van der Waals surface area contributed by atoms with Crippen LogP contribution in [0.15, 0.2) is 59.8 Å². The second-order valence-electron chi connectivity index (χ2n) is 7.73. The minimum Gasteiger partial charge on any atom is -0.457 e. The van der Waals surface area contributed by atoms with Crippen LogP contribution in [0.5, 0.6) is 11.5 Å². The monoisotopic (exact) mass is 475 g/mol. The van der Waals surface area contributed by atoms with Gasteiger partial charge in [-0.2, -0.15) is 0 Å². The molecule has 172 valence electrons. The number of carbonyl (C=O) groups excluding carboxylic acids is 2. The molecular weight excluding hydrogens is 454 g/mol. The van der Waals surface area contributed by atoms with E-state index in [0.717, 1.165) is 28.1 Å². The normalized spacial score (nSPS) is 12.2. The summed E-state index contributed by atoms with van der Waals surface area (Å²) in [4.78, 5) is 33.8. The average molecular weight is 476 g/mol. The predicted octanol–water partition coefficient (Wildman–Crippen LogP) is 4.28. The largest absolute Gasteiger partial charge is 0.457 e. The third kappa shape index (κ3) is 4.34. The number of rotatable bonds is 7. The summed E-state index contributed by atoms with van der Waals surface area (Å²) < 4.78 is 18.0. The Kier molecular flexibility index (Phi) is 5.93. The molecule has 3 heterocycles. The number of Topliss-reactive ketones (excluding diaryl/α,β-unsaturated/α-hetero) is 1. The molecule has 2 aromatic carbocycles. The zero-order valence-electron chi connectivity index (χ0n) is 18.6. The van der Waals surface area contributed by atoms with Crippen LogP contribution in [0.25, 0.3) is 16.7 Å². The number of aryl methyl sites for hydroxylation is 1. The van der Waals surface area contributed by atoms with Crippen LogP contribution in [-0.4, -0.2) is 45.4 Å². The first-order valence-electron chi connectivity index (χ1n) is 10.6. The van der Waals surface area contributed by atoms with Crippen molar-refractivity contribution in [2.45, 2.75) is 18.9 Å². The second kappa shape index (κ2) is 9.18. The molecule has 0 N–H and O–H groups in total. The van der Waals surface area contributed by atoms with E-state index >= 15 is 0 Å². The molecule has 9 heteroatoms. The van der Waals surface area contributed by atoms with Crippen molar-refractivity contribution in [3.8, 4) is 17.2 Å². The average Bonchev–Trinajstić information content (AvgIpc) is 3.44. The molecule has 0 spiro atoms. The molecular formula is C25H21N3O5S. The number of fused-ring (bicyclic) bond motifs is 2. The van der Waals surface area contributed by atoms with Gasteiger partial charge in [-0.1, -0.05) is 23.9 Å². The maximum Gasteiger partial charge on any atom is 0.316 e. The molecule has 2 aromatic heterocycles. The van der Waals surface area contributed by atoms with Crippen LogP contribution in [0.3, 0.4) is 0 Å². The lowest BCUT2D eigenvalue weighted by molar-refractivity contribution is -0.139. The fourth-order valence-electron chi connectivity index (χ4n) is 3.87. The standard InChI is InChI=1S/C25H21N3O5S/c1-15-9-18(16(2)28(15)17-7-8-22-23(10-17)33-14-32-22)21(29)12-31-25(30)13-34-24-11-26-19-5-3-4-6-20(19)27-24/h3-11H,12-14H2,1-2H3. The summed E-state index contributed by atoms with van der Waals surface area (Å²) >= 11 is 1.22. The van der Waals surface area contributed by atoms with Crippen LogP contribution >= 0.6 is 11.8 Å². The minimum atomic E-state index is -0.488. The number of ketones is 1. The number of hydrogen-bond donors (Lipinski definition) is 0. The lowest BCUT2D eigenvalue weighted by Gasteiger charge is -2.11. The van der Waals surface area contributed by atoms with Crippen molar-refractivity contribution in [1.29, 1.82) is 0 Å². The molecule has 0 unspecified atom stereocenters. The van der Waals surface area contributed by atoms with Crippen molar-refractivity contribution in [3.63, 3.8) is 0 Å². The van der Waals surface area contributed by atoms with Gasteiger partial charge < -0.3 is 18.8 Å². The third-order valence-electron chi connectivity index (χ3n) is 5.47. The number of aromatic nitrogens is 3. The van der Waals surface area contributed by atoms with Gasteiger partial charge in [0.2, 0.25) is 12.6 Å². The molecule has 0 bridgehead atoms. The maximum atomic E-state index is 12.8. The van der Waals surface area contributed by atoms with E-state index in [1.807, 2.05) is 60.9 Å². The molecule has 0 fully saturated rings.